The van der Waals surface area contributed by atoms with Crippen molar-refractivity contribution < 1.29 is 0 Å². The average molecular weight is 301 g/mol. The average Bonchev–Trinajstić information content (AvgIpc) is 2.25. The minimum Gasteiger partial charge on any atom is -0.248 e. The molecule has 0 amide bonds. The van der Waals surface area contributed by atoms with E-state index in [0.717, 1.165) is 14.4 Å². The maximum atomic E-state index is 6.01. The molecule has 2 aromatic rings. The van der Waals surface area contributed by atoms with E-state index >= 15 is 0 Å². The lowest BCUT2D eigenvalue weighted by molar-refractivity contribution is 1.13. The zero-order valence-corrected chi connectivity index (χ0v) is 10.8. The number of benzene rings is 1. The molecule has 0 aliphatic carbocycles. The first kappa shape index (κ1) is 11.0. The van der Waals surface area contributed by atoms with Gasteiger partial charge in [-0.15, -0.1) is 0 Å². The zero-order valence-electron chi connectivity index (χ0n) is 7.65. The van der Waals surface area contributed by atoms with E-state index in [1.807, 2.05) is 36.4 Å². The van der Waals surface area contributed by atoms with Gasteiger partial charge < -0.3 is 0 Å². The Kier molecular flexibility index (Phi) is 3.67. The molecule has 76 valence electrons. The minimum atomic E-state index is 0.686. The van der Waals surface area contributed by atoms with Gasteiger partial charge in [0.15, 0.2) is 0 Å². The molecule has 0 spiro atoms. The summed E-state index contributed by atoms with van der Waals surface area (Å²) in [5.74, 6) is 0. The summed E-state index contributed by atoms with van der Waals surface area (Å²) in [5.41, 5.74) is 0. The lowest BCUT2D eigenvalue weighted by Crippen LogP contribution is -1.80. The summed E-state index contributed by atoms with van der Waals surface area (Å²) < 4.78 is 1.07. The molecular formula is C11H7BrClNS. The Morgan fingerprint density at radius 3 is 2.53 bits per heavy atom. The molecule has 1 nitrogen and oxygen atoms in total. The predicted octanol–water partition coefficient (Wildman–Crippen LogP) is 4.65. The van der Waals surface area contributed by atoms with Crippen LogP contribution in [0.1, 0.15) is 0 Å². The molecule has 0 bridgehead atoms. The third-order valence-electron chi connectivity index (χ3n) is 1.75. The number of hydrogen-bond donors (Lipinski definition) is 0. The van der Waals surface area contributed by atoms with E-state index in [2.05, 4.69) is 20.9 Å². The van der Waals surface area contributed by atoms with E-state index in [0.29, 0.717) is 5.02 Å². The summed E-state index contributed by atoms with van der Waals surface area (Å²) in [6, 6.07) is 11.7. The van der Waals surface area contributed by atoms with Crippen LogP contribution in [0.15, 0.2) is 57.0 Å². The molecular weight excluding hydrogens is 294 g/mol. The maximum Gasteiger partial charge on any atom is 0.119 e. The van der Waals surface area contributed by atoms with Crippen LogP contribution in [-0.4, -0.2) is 4.98 Å². The van der Waals surface area contributed by atoms with Gasteiger partial charge in [-0.3, -0.25) is 0 Å². The molecule has 0 N–H and O–H groups in total. The molecule has 0 atom stereocenters. The van der Waals surface area contributed by atoms with Crippen LogP contribution in [-0.2, 0) is 0 Å². The van der Waals surface area contributed by atoms with Crippen LogP contribution in [0.25, 0.3) is 0 Å². The van der Waals surface area contributed by atoms with Crippen molar-refractivity contribution in [2.75, 3.05) is 0 Å². The van der Waals surface area contributed by atoms with Crippen molar-refractivity contribution in [2.45, 2.75) is 9.92 Å². The molecule has 0 radical (unpaired) electrons. The molecule has 0 fully saturated rings. The number of nitrogens with zero attached hydrogens (tertiary/aromatic N) is 1. The fraction of sp³-hybridized carbons (Fsp3) is 0. The van der Waals surface area contributed by atoms with Gasteiger partial charge in [-0.2, -0.15) is 0 Å². The van der Waals surface area contributed by atoms with Gasteiger partial charge in [0, 0.05) is 15.6 Å². The standard InChI is InChI=1S/C11H7BrClNS/c12-8-3-5-9(6-4-8)15-11-10(13)2-1-7-14-11/h1-7H. The smallest absolute Gasteiger partial charge is 0.119 e. The summed E-state index contributed by atoms with van der Waals surface area (Å²) in [6.07, 6.45) is 1.74. The zero-order chi connectivity index (χ0) is 10.7. The normalized spacial score (nSPS) is 10.3. The van der Waals surface area contributed by atoms with Crippen molar-refractivity contribution in [2.24, 2.45) is 0 Å². The van der Waals surface area contributed by atoms with Crippen molar-refractivity contribution in [3.63, 3.8) is 0 Å². The highest BCUT2D eigenvalue weighted by Crippen LogP contribution is 2.31. The Balaban J connectivity index is 2.22. The van der Waals surface area contributed by atoms with Gasteiger partial charge in [0.05, 0.1) is 5.02 Å². The Labute approximate surface area is 106 Å². The highest BCUT2D eigenvalue weighted by molar-refractivity contribution is 9.10. The van der Waals surface area contributed by atoms with Gasteiger partial charge in [-0.1, -0.05) is 39.3 Å². The topological polar surface area (TPSA) is 12.9 Å². The Bertz CT molecular complexity index is 458. The molecule has 15 heavy (non-hydrogen) atoms. The molecule has 0 aliphatic rings. The second-order valence-electron chi connectivity index (χ2n) is 2.85. The van der Waals surface area contributed by atoms with E-state index in [-0.39, 0.29) is 0 Å². The Morgan fingerprint density at radius 1 is 1.13 bits per heavy atom. The first-order chi connectivity index (χ1) is 7.25. The SMILES string of the molecule is Clc1cccnc1Sc1ccc(Br)cc1. The van der Waals surface area contributed by atoms with E-state index in [1.54, 1.807) is 18.0 Å². The summed E-state index contributed by atoms with van der Waals surface area (Å²) >= 11 is 11.0. The van der Waals surface area contributed by atoms with Crippen molar-refractivity contribution >= 4 is 39.3 Å². The van der Waals surface area contributed by atoms with Gasteiger partial charge in [-0.25, -0.2) is 4.98 Å². The third-order valence-corrected chi connectivity index (χ3v) is 3.73. The van der Waals surface area contributed by atoms with Gasteiger partial charge in [0.25, 0.3) is 0 Å². The van der Waals surface area contributed by atoms with Crippen LogP contribution >= 0.6 is 39.3 Å². The molecule has 1 heterocycles. The number of rotatable bonds is 2. The lowest BCUT2D eigenvalue weighted by atomic mass is 10.4. The number of pyridine rings is 1. The third kappa shape index (κ3) is 2.97. The quantitative estimate of drug-likeness (QED) is 0.801. The fourth-order valence-electron chi connectivity index (χ4n) is 1.06. The number of aromatic nitrogens is 1. The highest BCUT2D eigenvalue weighted by atomic mass is 79.9. The van der Waals surface area contributed by atoms with E-state index in [1.165, 1.54) is 0 Å². The second-order valence-corrected chi connectivity index (χ2v) is 5.23. The van der Waals surface area contributed by atoms with Crippen molar-refractivity contribution in [1.29, 1.82) is 0 Å². The highest BCUT2D eigenvalue weighted by Gasteiger charge is 2.02. The molecule has 0 saturated heterocycles. The lowest BCUT2D eigenvalue weighted by Gasteiger charge is -2.02. The van der Waals surface area contributed by atoms with Crippen LogP contribution in [0, 0.1) is 0 Å². The second kappa shape index (κ2) is 5.01. The van der Waals surface area contributed by atoms with E-state index in [9.17, 15) is 0 Å². The van der Waals surface area contributed by atoms with Crippen LogP contribution in [0.3, 0.4) is 0 Å². The molecule has 0 aliphatic heterocycles. The fourth-order valence-corrected chi connectivity index (χ4v) is 2.34. The van der Waals surface area contributed by atoms with Gasteiger partial charge >= 0.3 is 0 Å². The van der Waals surface area contributed by atoms with E-state index in [4.69, 9.17) is 11.6 Å². The molecule has 0 unspecified atom stereocenters. The van der Waals surface area contributed by atoms with Crippen molar-refractivity contribution in [1.82, 2.24) is 4.98 Å². The van der Waals surface area contributed by atoms with Crippen LogP contribution in [0.5, 0.6) is 0 Å². The molecule has 1 aromatic heterocycles. The van der Waals surface area contributed by atoms with Gasteiger partial charge in [0.1, 0.15) is 5.03 Å². The summed E-state index contributed by atoms with van der Waals surface area (Å²) in [5, 5.41) is 1.52. The molecule has 0 saturated carbocycles. The Morgan fingerprint density at radius 2 is 1.87 bits per heavy atom. The summed E-state index contributed by atoms with van der Waals surface area (Å²) in [4.78, 5) is 5.34. The predicted molar refractivity (Wildman–Crippen MR) is 67.5 cm³/mol. The number of hydrogen-bond acceptors (Lipinski definition) is 2. The van der Waals surface area contributed by atoms with Crippen LogP contribution in [0.4, 0.5) is 0 Å². The van der Waals surface area contributed by atoms with Crippen molar-refractivity contribution in [3.8, 4) is 0 Å². The largest absolute Gasteiger partial charge is 0.248 e. The molecule has 2 rings (SSSR count). The summed E-state index contributed by atoms with van der Waals surface area (Å²) in [7, 11) is 0. The maximum absolute atomic E-state index is 6.01. The monoisotopic (exact) mass is 299 g/mol. The first-order valence-electron chi connectivity index (χ1n) is 4.29. The van der Waals surface area contributed by atoms with Gasteiger partial charge in [0.2, 0.25) is 0 Å². The Hall–Kier alpha value is -0.510. The van der Waals surface area contributed by atoms with E-state index < -0.39 is 0 Å². The number of halogens is 2. The van der Waals surface area contributed by atoms with Crippen molar-refractivity contribution in [3.05, 3.63) is 52.1 Å². The molecule has 1 aromatic carbocycles. The summed E-state index contributed by atoms with van der Waals surface area (Å²) in [6.45, 7) is 0. The molecule has 4 heteroatoms. The van der Waals surface area contributed by atoms with Crippen LogP contribution in [0.2, 0.25) is 5.02 Å². The minimum absolute atomic E-state index is 0.686. The van der Waals surface area contributed by atoms with Gasteiger partial charge in [-0.05, 0) is 36.4 Å². The van der Waals surface area contributed by atoms with Crippen LogP contribution < -0.4 is 0 Å². The first-order valence-corrected chi connectivity index (χ1v) is 6.28.